The fraction of sp³-hybridized carbons (Fsp3) is 0.333. The molecule has 0 aromatic heterocycles. The second-order valence-electron chi connectivity index (χ2n) is 5.52. The second-order valence-corrected chi connectivity index (χ2v) is 8.17. The van der Waals surface area contributed by atoms with Crippen molar-refractivity contribution in [3.63, 3.8) is 0 Å². The van der Waals surface area contributed by atoms with Crippen molar-refractivity contribution in [2.45, 2.75) is 32.9 Å². The first-order valence-corrected chi connectivity index (χ1v) is 8.49. The molecule has 0 aliphatic rings. The van der Waals surface area contributed by atoms with E-state index < -0.39 is 0 Å². The average molecular weight is 270 g/mol. The molecule has 0 saturated carbocycles. The van der Waals surface area contributed by atoms with Crippen molar-refractivity contribution in [3.05, 3.63) is 60.7 Å². The Morgan fingerprint density at radius 1 is 0.737 bits per heavy atom. The van der Waals surface area contributed by atoms with Crippen molar-refractivity contribution in [2.24, 2.45) is 5.92 Å². The van der Waals surface area contributed by atoms with Crippen LogP contribution < -0.4 is 10.6 Å². The van der Waals surface area contributed by atoms with E-state index in [1.54, 1.807) is 0 Å². The third kappa shape index (κ3) is 3.91. The molecule has 2 aromatic carbocycles. The summed E-state index contributed by atoms with van der Waals surface area (Å²) in [5.74, 6) is 0.757. The van der Waals surface area contributed by atoms with Crippen molar-refractivity contribution in [1.29, 1.82) is 0 Å². The number of rotatable bonds is 5. The summed E-state index contributed by atoms with van der Waals surface area (Å²) in [5, 5.41) is 2.99. The van der Waals surface area contributed by atoms with Gasteiger partial charge in [0.05, 0.1) is 0 Å². The summed E-state index contributed by atoms with van der Waals surface area (Å²) in [6, 6.07) is 22.0. The molecule has 0 aliphatic heterocycles. The van der Waals surface area contributed by atoms with Crippen LogP contribution in [0, 0.1) is 5.92 Å². The summed E-state index contributed by atoms with van der Waals surface area (Å²) >= 11 is 0. The van der Waals surface area contributed by atoms with Gasteiger partial charge in [0.1, 0.15) is 0 Å². The number of hydrogen-bond donors (Lipinski definition) is 0. The van der Waals surface area contributed by atoms with Crippen LogP contribution in [0.2, 0.25) is 0 Å². The van der Waals surface area contributed by atoms with Gasteiger partial charge in [-0.25, -0.2) is 0 Å². The summed E-state index contributed by atoms with van der Waals surface area (Å²) in [6.45, 7) is 7.05. The highest BCUT2D eigenvalue weighted by atomic mass is 31.1. The highest BCUT2D eigenvalue weighted by Crippen LogP contribution is 2.41. The molecule has 2 aromatic rings. The summed E-state index contributed by atoms with van der Waals surface area (Å²) in [6.07, 6.45) is 1.29. The molecule has 0 aliphatic carbocycles. The van der Waals surface area contributed by atoms with Crippen LogP contribution in [0.1, 0.15) is 27.2 Å². The minimum absolute atomic E-state index is 0.245. The zero-order chi connectivity index (χ0) is 13.7. The highest BCUT2D eigenvalue weighted by molar-refractivity contribution is 7.73. The zero-order valence-corrected chi connectivity index (χ0v) is 13.0. The Morgan fingerprint density at radius 2 is 1.16 bits per heavy atom. The second kappa shape index (κ2) is 6.87. The molecule has 1 unspecified atom stereocenters. The van der Waals surface area contributed by atoms with Gasteiger partial charge in [0.2, 0.25) is 0 Å². The quantitative estimate of drug-likeness (QED) is 0.699. The Balaban J connectivity index is 2.34. The van der Waals surface area contributed by atoms with Gasteiger partial charge in [-0.05, 0) is 36.5 Å². The van der Waals surface area contributed by atoms with Gasteiger partial charge in [-0.1, -0.05) is 81.4 Å². The molecule has 0 nitrogen and oxygen atoms in total. The molecule has 0 heterocycles. The van der Waals surface area contributed by atoms with E-state index in [0.717, 1.165) is 11.6 Å². The highest BCUT2D eigenvalue weighted by Gasteiger charge is 2.21. The number of hydrogen-bond acceptors (Lipinski definition) is 0. The average Bonchev–Trinajstić information content (AvgIpc) is 2.40. The van der Waals surface area contributed by atoms with E-state index in [0.29, 0.717) is 0 Å². The van der Waals surface area contributed by atoms with Crippen LogP contribution in [0.3, 0.4) is 0 Å². The van der Waals surface area contributed by atoms with Gasteiger partial charge in [-0.15, -0.1) is 0 Å². The summed E-state index contributed by atoms with van der Waals surface area (Å²) in [7, 11) is -0.245. The van der Waals surface area contributed by atoms with E-state index in [-0.39, 0.29) is 7.92 Å². The van der Waals surface area contributed by atoms with Crippen LogP contribution in [0.4, 0.5) is 0 Å². The lowest BCUT2D eigenvalue weighted by Gasteiger charge is -2.27. The lowest BCUT2D eigenvalue weighted by atomic mass is 10.1. The Morgan fingerprint density at radius 3 is 1.53 bits per heavy atom. The molecule has 0 spiro atoms. The zero-order valence-electron chi connectivity index (χ0n) is 12.1. The maximum absolute atomic E-state index is 2.41. The molecule has 1 atom stereocenters. The summed E-state index contributed by atoms with van der Waals surface area (Å²) in [5.41, 5.74) is 0.722. The van der Waals surface area contributed by atoms with Crippen LogP contribution >= 0.6 is 7.92 Å². The molecule has 0 amide bonds. The minimum Gasteiger partial charge on any atom is -0.0628 e. The van der Waals surface area contributed by atoms with Gasteiger partial charge in [0, 0.05) is 0 Å². The van der Waals surface area contributed by atoms with Crippen LogP contribution in [0.15, 0.2) is 60.7 Å². The third-order valence-electron chi connectivity index (χ3n) is 3.32. The minimum atomic E-state index is -0.245. The van der Waals surface area contributed by atoms with Crippen LogP contribution in [0.5, 0.6) is 0 Å². The molecule has 2 rings (SSSR count). The van der Waals surface area contributed by atoms with Crippen LogP contribution in [-0.2, 0) is 0 Å². The van der Waals surface area contributed by atoms with Crippen molar-refractivity contribution in [3.8, 4) is 0 Å². The first-order valence-electron chi connectivity index (χ1n) is 7.08. The lowest BCUT2D eigenvalue weighted by molar-refractivity contribution is 0.582. The van der Waals surface area contributed by atoms with Gasteiger partial charge >= 0.3 is 0 Å². The maximum Gasteiger partial charge on any atom is -0.0155 e. The van der Waals surface area contributed by atoms with Crippen molar-refractivity contribution in [2.75, 3.05) is 0 Å². The fourth-order valence-electron chi connectivity index (χ4n) is 2.62. The lowest BCUT2D eigenvalue weighted by Crippen LogP contribution is -2.20. The van der Waals surface area contributed by atoms with Gasteiger partial charge in [-0.2, -0.15) is 0 Å². The summed E-state index contributed by atoms with van der Waals surface area (Å²) < 4.78 is 0. The molecule has 0 radical (unpaired) electrons. The SMILES string of the molecule is CC(C)CC(C)P(c1ccccc1)c1ccccc1. The Bertz CT molecular complexity index is 436. The van der Waals surface area contributed by atoms with E-state index in [2.05, 4.69) is 81.4 Å². The Hall–Kier alpha value is -1.13. The van der Waals surface area contributed by atoms with E-state index >= 15 is 0 Å². The summed E-state index contributed by atoms with van der Waals surface area (Å²) in [4.78, 5) is 0. The third-order valence-corrected chi connectivity index (χ3v) is 6.12. The molecular weight excluding hydrogens is 247 g/mol. The molecule has 0 saturated heterocycles. The number of benzene rings is 2. The van der Waals surface area contributed by atoms with E-state index in [4.69, 9.17) is 0 Å². The van der Waals surface area contributed by atoms with Gasteiger partial charge in [0.25, 0.3) is 0 Å². The molecule has 1 heteroatoms. The standard InChI is InChI=1S/C18H23P/c1-15(2)14-16(3)19(17-10-6-4-7-11-17)18-12-8-5-9-13-18/h4-13,15-16H,14H2,1-3H3. The first kappa shape index (κ1) is 14.3. The smallest absolute Gasteiger partial charge is 0.0155 e. The fourth-order valence-corrected chi connectivity index (χ4v) is 5.56. The van der Waals surface area contributed by atoms with Crippen LogP contribution in [0.25, 0.3) is 0 Å². The van der Waals surface area contributed by atoms with Crippen LogP contribution in [-0.4, -0.2) is 5.66 Å². The van der Waals surface area contributed by atoms with E-state index in [1.165, 1.54) is 17.0 Å². The largest absolute Gasteiger partial charge is 0.0628 e. The first-order chi connectivity index (χ1) is 9.18. The topological polar surface area (TPSA) is 0 Å². The van der Waals surface area contributed by atoms with Gasteiger partial charge in [0.15, 0.2) is 0 Å². The Labute approximate surface area is 118 Å². The molecule has 0 fully saturated rings. The Kier molecular flexibility index (Phi) is 5.16. The maximum atomic E-state index is 2.41. The van der Waals surface area contributed by atoms with E-state index in [1.807, 2.05) is 0 Å². The van der Waals surface area contributed by atoms with Gasteiger partial charge in [-0.3, -0.25) is 0 Å². The normalized spacial score (nSPS) is 12.9. The monoisotopic (exact) mass is 270 g/mol. The van der Waals surface area contributed by atoms with Crippen molar-refractivity contribution < 1.29 is 0 Å². The van der Waals surface area contributed by atoms with E-state index in [9.17, 15) is 0 Å². The van der Waals surface area contributed by atoms with Crippen molar-refractivity contribution >= 4 is 18.5 Å². The van der Waals surface area contributed by atoms with Crippen molar-refractivity contribution in [1.82, 2.24) is 0 Å². The predicted octanol–water partition coefficient (Wildman–Crippen LogP) is 4.55. The van der Waals surface area contributed by atoms with Gasteiger partial charge < -0.3 is 0 Å². The molecule has 19 heavy (non-hydrogen) atoms. The molecule has 0 N–H and O–H groups in total. The molecule has 0 bridgehead atoms. The predicted molar refractivity (Wildman–Crippen MR) is 88.0 cm³/mol. The molecule has 100 valence electrons. The molecular formula is C18H23P.